The van der Waals surface area contributed by atoms with Crippen molar-refractivity contribution < 1.29 is 4.79 Å². The van der Waals surface area contributed by atoms with Crippen molar-refractivity contribution in [2.45, 2.75) is 13.8 Å². The molecule has 0 saturated heterocycles. The normalized spacial score (nSPS) is 9.69. The van der Waals surface area contributed by atoms with Gasteiger partial charge in [-0.25, -0.2) is 4.52 Å². The average molecular weight is 241 g/mol. The third-order valence-corrected chi connectivity index (χ3v) is 2.31. The highest BCUT2D eigenvalue weighted by Crippen LogP contribution is 2.23. The van der Waals surface area contributed by atoms with Crippen LogP contribution in [0.3, 0.4) is 0 Å². The van der Waals surface area contributed by atoms with Gasteiger partial charge in [-0.3, -0.25) is 4.79 Å². The Morgan fingerprint density at radius 2 is 2.06 bits per heavy atom. The summed E-state index contributed by atoms with van der Waals surface area (Å²) in [4.78, 5) is 10.9. The molecule has 2 aromatic rings. The summed E-state index contributed by atoms with van der Waals surface area (Å²) in [6, 6.07) is 3.33. The van der Waals surface area contributed by atoms with Crippen molar-refractivity contribution in [2.24, 2.45) is 5.73 Å². The van der Waals surface area contributed by atoms with Crippen molar-refractivity contribution in [1.82, 2.24) is 9.61 Å². The van der Waals surface area contributed by atoms with Gasteiger partial charge < -0.3 is 11.5 Å². The van der Waals surface area contributed by atoms with E-state index in [2.05, 4.69) is 5.10 Å². The van der Waals surface area contributed by atoms with Gasteiger partial charge in [0.2, 0.25) is 0 Å². The zero-order valence-electron chi connectivity index (χ0n) is 9.07. The number of amides is 1. The van der Waals surface area contributed by atoms with E-state index in [0.29, 0.717) is 11.3 Å². The van der Waals surface area contributed by atoms with Crippen molar-refractivity contribution in [2.75, 3.05) is 5.73 Å². The highest BCUT2D eigenvalue weighted by molar-refractivity contribution is 6.36. The molecule has 5 nitrogen and oxygen atoms in total. The van der Waals surface area contributed by atoms with Crippen LogP contribution in [0.4, 0.5) is 5.82 Å². The van der Waals surface area contributed by atoms with E-state index in [1.54, 1.807) is 12.1 Å². The topological polar surface area (TPSA) is 86.4 Å². The van der Waals surface area contributed by atoms with Gasteiger partial charge in [0, 0.05) is 0 Å². The summed E-state index contributed by atoms with van der Waals surface area (Å²) in [5.41, 5.74) is 11.5. The molecule has 0 fully saturated rings. The Bertz CT molecular complexity index is 521. The fraction of sp³-hybridized carbons (Fsp3) is 0.200. The SMILES string of the molecule is CC.NC(=O)c1cnn2c(N)ccc2c1Cl. The maximum atomic E-state index is 10.9. The number of rotatable bonds is 1. The Hall–Kier alpha value is -1.75. The Kier molecular flexibility index (Phi) is 3.73. The van der Waals surface area contributed by atoms with E-state index in [-0.39, 0.29) is 10.6 Å². The number of aromatic nitrogens is 2. The molecule has 1 amide bonds. The van der Waals surface area contributed by atoms with Gasteiger partial charge >= 0.3 is 0 Å². The third kappa shape index (κ3) is 1.94. The van der Waals surface area contributed by atoms with Gasteiger partial charge in [0.1, 0.15) is 5.82 Å². The number of hydrogen-bond acceptors (Lipinski definition) is 3. The summed E-state index contributed by atoms with van der Waals surface area (Å²) >= 11 is 5.93. The zero-order chi connectivity index (χ0) is 12.3. The first-order chi connectivity index (χ1) is 7.61. The molecule has 0 aliphatic carbocycles. The molecule has 0 atom stereocenters. The highest BCUT2D eigenvalue weighted by atomic mass is 35.5. The molecule has 0 aromatic carbocycles. The quantitative estimate of drug-likeness (QED) is 0.795. The smallest absolute Gasteiger partial charge is 0.251 e. The van der Waals surface area contributed by atoms with Crippen LogP contribution in [0.15, 0.2) is 18.3 Å². The van der Waals surface area contributed by atoms with Crippen LogP contribution < -0.4 is 11.5 Å². The first kappa shape index (κ1) is 12.3. The number of nitrogen functional groups attached to an aromatic ring is 1. The number of halogens is 1. The number of carbonyl (C=O) groups is 1. The van der Waals surface area contributed by atoms with Crippen molar-refractivity contribution >= 4 is 28.8 Å². The molecule has 0 aliphatic rings. The number of anilines is 1. The van der Waals surface area contributed by atoms with Crippen LogP contribution in [0.2, 0.25) is 5.02 Å². The predicted molar refractivity (Wildman–Crippen MR) is 64.5 cm³/mol. The van der Waals surface area contributed by atoms with Crippen LogP contribution >= 0.6 is 11.6 Å². The van der Waals surface area contributed by atoms with Gasteiger partial charge in [0.05, 0.1) is 22.3 Å². The maximum Gasteiger partial charge on any atom is 0.251 e. The van der Waals surface area contributed by atoms with Crippen LogP contribution in [-0.2, 0) is 0 Å². The second kappa shape index (κ2) is 4.85. The Labute approximate surface area is 98.0 Å². The standard InChI is InChI=1S/C8H7ClN4O.C2H6/c9-7-4(8(11)14)3-12-13-5(7)1-2-6(13)10;1-2/h1-3H,10H2,(H2,11,14);1-2H3. The van der Waals surface area contributed by atoms with Crippen LogP contribution in [0, 0.1) is 0 Å². The van der Waals surface area contributed by atoms with Crippen molar-refractivity contribution in [3.05, 3.63) is 28.9 Å². The van der Waals surface area contributed by atoms with E-state index in [1.165, 1.54) is 10.7 Å². The van der Waals surface area contributed by atoms with Crippen LogP contribution in [0.5, 0.6) is 0 Å². The lowest BCUT2D eigenvalue weighted by atomic mass is 10.3. The summed E-state index contributed by atoms with van der Waals surface area (Å²) in [5.74, 6) is -0.150. The molecule has 16 heavy (non-hydrogen) atoms. The molecule has 0 bridgehead atoms. The van der Waals surface area contributed by atoms with Gasteiger partial charge in [-0.2, -0.15) is 5.10 Å². The number of nitrogens with zero attached hydrogens (tertiary/aromatic N) is 2. The fourth-order valence-corrected chi connectivity index (χ4v) is 1.51. The minimum absolute atomic E-state index is 0.192. The maximum absolute atomic E-state index is 10.9. The minimum Gasteiger partial charge on any atom is -0.384 e. The summed E-state index contributed by atoms with van der Waals surface area (Å²) in [5, 5.41) is 4.20. The molecule has 2 aromatic heterocycles. The second-order valence-corrected chi connectivity index (χ2v) is 3.17. The summed E-state index contributed by atoms with van der Waals surface area (Å²) < 4.78 is 1.44. The second-order valence-electron chi connectivity index (χ2n) is 2.79. The van der Waals surface area contributed by atoms with Crippen molar-refractivity contribution in [1.29, 1.82) is 0 Å². The largest absolute Gasteiger partial charge is 0.384 e. The number of fused-ring (bicyclic) bond motifs is 1. The van der Waals surface area contributed by atoms with Crippen molar-refractivity contribution in [3.63, 3.8) is 0 Å². The minimum atomic E-state index is -0.607. The molecule has 2 rings (SSSR count). The van der Waals surface area contributed by atoms with E-state index >= 15 is 0 Å². The number of carbonyl (C=O) groups excluding carboxylic acids is 1. The van der Waals surface area contributed by atoms with Crippen molar-refractivity contribution in [3.8, 4) is 0 Å². The lowest BCUT2D eigenvalue weighted by Crippen LogP contribution is -2.13. The number of hydrogen-bond donors (Lipinski definition) is 2. The molecule has 4 N–H and O–H groups in total. The predicted octanol–water partition coefficient (Wildman–Crippen LogP) is 1.69. The number of primary amides is 1. The Morgan fingerprint density at radius 3 is 2.62 bits per heavy atom. The lowest BCUT2D eigenvalue weighted by Gasteiger charge is -2.02. The molecule has 0 aliphatic heterocycles. The molecular formula is C10H13ClN4O. The summed E-state index contributed by atoms with van der Waals surface area (Å²) in [7, 11) is 0. The average Bonchev–Trinajstić information content (AvgIpc) is 2.64. The Morgan fingerprint density at radius 1 is 1.44 bits per heavy atom. The molecule has 6 heteroatoms. The van der Waals surface area contributed by atoms with Gasteiger partial charge in [0.25, 0.3) is 5.91 Å². The number of nitrogens with two attached hydrogens (primary N) is 2. The van der Waals surface area contributed by atoms with E-state index in [4.69, 9.17) is 23.1 Å². The molecule has 0 saturated carbocycles. The van der Waals surface area contributed by atoms with E-state index < -0.39 is 5.91 Å². The van der Waals surface area contributed by atoms with E-state index in [0.717, 1.165) is 0 Å². The first-order valence-corrected chi connectivity index (χ1v) is 5.20. The van der Waals surface area contributed by atoms with E-state index in [9.17, 15) is 4.79 Å². The molecule has 0 spiro atoms. The monoisotopic (exact) mass is 240 g/mol. The van der Waals surface area contributed by atoms with Crippen LogP contribution in [0.1, 0.15) is 24.2 Å². The van der Waals surface area contributed by atoms with Gasteiger partial charge in [0.15, 0.2) is 0 Å². The third-order valence-electron chi connectivity index (χ3n) is 1.91. The zero-order valence-corrected chi connectivity index (χ0v) is 9.82. The summed E-state index contributed by atoms with van der Waals surface area (Å²) in [6.07, 6.45) is 1.30. The lowest BCUT2D eigenvalue weighted by molar-refractivity contribution is 0.1000. The molecule has 0 unspecified atom stereocenters. The van der Waals surface area contributed by atoms with Gasteiger partial charge in [-0.05, 0) is 12.1 Å². The van der Waals surface area contributed by atoms with Gasteiger partial charge in [-0.15, -0.1) is 0 Å². The molecule has 0 radical (unpaired) electrons. The van der Waals surface area contributed by atoms with E-state index in [1.807, 2.05) is 13.8 Å². The molecule has 2 heterocycles. The van der Waals surface area contributed by atoms with Crippen LogP contribution in [-0.4, -0.2) is 15.5 Å². The fourth-order valence-electron chi connectivity index (χ4n) is 1.22. The highest BCUT2D eigenvalue weighted by Gasteiger charge is 2.12. The summed E-state index contributed by atoms with van der Waals surface area (Å²) in [6.45, 7) is 4.00. The van der Waals surface area contributed by atoms with Gasteiger partial charge in [-0.1, -0.05) is 25.4 Å². The molecular weight excluding hydrogens is 228 g/mol. The Balaban J connectivity index is 0.000000606. The first-order valence-electron chi connectivity index (χ1n) is 4.83. The molecule has 86 valence electrons. The van der Waals surface area contributed by atoms with Crippen LogP contribution in [0.25, 0.3) is 5.52 Å².